The van der Waals surface area contributed by atoms with Crippen molar-refractivity contribution in [3.8, 4) is 5.75 Å². The maximum atomic E-state index is 11.6. The van der Waals surface area contributed by atoms with Gasteiger partial charge in [0.05, 0.1) is 6.54 Å². The zero-order valence-electron chi connectivity index (χ0n) is 11.5. The van der Waals surface area contributed by atoms with E-state index in [1.807, 2.05) is 11.8 Å². The molecule has 1 aromatic rings. The Morgan fingerprint density at radius 3 is 3.00 bits per heavy atom. The van der Waals surface area contributed by atoms with Crippen LogP contribution in [0.25, 0.3) is 0 Å². The molecule has 0 saturated carbocycles. The summed E-state index contributed by atoms with van der Waals surface area (Å²) in [5.41, 5.74) is 1.38. The summed E-state index contributed by atoms with van der Waals surface area (Å²) >= 11 is 0. The third kappa shape index (κ3) is 3.23. The molecule has 1 aromatic heterocycles. The van der Waals surface area contributed by atoms with Gasteiger partial charge in [0.2, 0.25) is 5.91 Å². The molecular formula is C14H21N3O2. The fourth-order valence-corrected chi connectivity index (χ4v) is 2.35. The van der Waals surface area contributed by atoms with Gasteiger partial charge in [-0.25, -0.2) is 0 Å². The van der Waals surface area contributed by atoms with Crippen LogP contribution in [-0.4, -0.2) is 34.0 Å². The number of hydrogen-bond acceptors (Lipinski definition) is 4. The highest BCUT2D eigenvalue weighted by Gasteiger charge is 2.33. The number of aryl methyl sites for hydroxylation is 1. The van der Waals surface area contributed by atoms with Gasteiger partial charge in [-0.2, -0.15) is 0 Å². The van der Waals surface area contributed by atoms with Crippen LogP contribution in [0.1, 0.15) is 43.7 Å². The van der Waals surface area contributed by atoms with Gasteiger partial charge in [-0.1, -0.05) is 19.8 Å². The van der Waals surface area contributed by atoms with Gasteiger partial charge in [-0.15, -0.1) is 0 Å². The highest BCUT2D eigenvalue weighted by molar-refractivity contribution is 5.80. The average Bonchev–Trinajstić information content (AvgIpc) is 2.74. The van der Waals surface area contributed by atoms with E-state index in [0.29, 0.717) is 12.2 Å². The van der Waals surface area contributed by atoms with Crippen molar-refractivity contribution in [3.63, 3.8) is 0 Å². The Hall–Kier alpha value is -1.62. The standard InChI is InChI=1S/C14H21N3O2/c1-3-4-5-8-17-9-12(19)16-14(17)13-11(18)7-6-10(2)15-13/h6-7,14,18H,3-5,8-9H2,1-2H3,(H,16,19)/t14-/m0/s1. The lowest BCUT2D eigenvalue weighted by atomic mass is 10.2. The first-order valence-electron chi connectivity index (χ1n) is 6.81. The zero-order chi connectivity index (χ0) is 13.8. The normalized spacial score (nSPS) is 19.7. The van der Waals surface area contributed by atoms with Gasteiger partial charge in [0, 0.05) is 12.2 Å². The predicted octanol–water partition coefficient (Wildman–Crippen LogP) is 1.72. The van der Waals surface area contributed by atoms with Gasteiger partial charge in [0.15, 0.2) is 0 Å². The van der Waals surface area contributed by atoms with Crippen molar-refractivity contribution in [3.05, 3.63) is 23.5 Å². The molecule has 1 aliphatic heterocycles. The van der Waals surface area contributed by atoms with Crippen LogP contribution in [0, 0.1) is 6.92 Å². The second kappa shape index (κ2) is 6.02. The molecule has 0 bridgehead atoms. The molecule has 1 aliphatic rings. The monoisotopic (exact) mass is 263 g/mol. The smallest absolute Gasteiger partial charge is 0.235 e. The summed E-state index contributed by atoms with van der Waals surface area (Å²) < 4.78 is 0. The minimum Gasteiger partial charge on any atom is -0.506 e. The topological polar surface area (TPSA) is 65.5 Å². The van der Waals surface area contributed by atoms with Gasteiger partial charge >= 0.3 is 0 Å². The van der Waals surface area contributed by atoms with E-state index >= 15 is 0 Å². The van der Waals surface area contributed by atoms with Crippen LogP contribution >= 0.6 is 0 Å². The lowest BCUT2D eigenvalue weighted by Gasteiger charge is -2.23. The molecule has 0 unspecified atom stereocenters. The number of unbranched alkanes of at least 4 members (excludes halogenated alkanes) is 2. The van der Waals surface area contributed by atoms with Crippen LogP contribution < -0.4 is 5.32 Å². The van der Waals surface area contributed by atoms with E-state index in [1.54, 1.807) is 12.1 Å². The molecule has 0 aromatic carbocycles. The summed E-state index contributed by atoms with van der Waals surface area (Å²) in [4.78, 5) is 18.0. The second-order valence-corrected chi connectivity index (χ2v) is 5.00. The first kappa shape index (κ1) is 13.8. The Balaban J connectivity index is 2.15. The van der Waals surface area contributed by atoms with E-state index in [9.17, 15) is 9.90 Å². The van der Waals surface area contributed by atoms with E-state index in [2.05, 4.69) is 17.2 Å². The van der Waals surface area contributed by atoms with Crippen LogP contribution in [0.15, 0.2) is 12.1 Å². The molecule has 5 nitrogen and oxygen atoms in total. The van der Waals surface area contributed by atoms with Crippen molar-refractivity contribution >= 4 is 5.91 Å². The maximum absolute atomic E-state index is 11.6. The van der Waals surface area contributed by atoms with Crippen molar-refractivity contribution in [1.82, 2.24) is 15.2 Å². The molecule has 2 heterocycles. The Morgan fingerprint density at radius 1 is 1.47 bits per heavy atom. The van der Waals surface area contributed by atoms with E-state index in [-0.39, 0.29) is 17.8 Å². The maximum Gasteiger partial charge on any atom is 0.235 e. The van der Waals surface area contributed by atoms with Gasteiger partial charge in [0.1, 0.15) is 17.6 Å². The fraction of sp³-hybridized carbons (Fsp3) is 0.571. The third-order valence-corrected chi connectivity index (χ3v) is 3.36. The molecular weight excluding hydrogens is 242 g/mol. The fourth-order valence-electron chi connectivity index (χ4n) is 2.35. The summed E-state index contributed by atoms with van der Waals surface area (Å²) in [6.45, 7) is 5.25. The minimum atomic E-state index is -0.302. The molecule has 2 N–H and O–H groups in total. The highest BCUT2D eigenvalue weighted by atomic mass is 16.3. The SMILES string of the molecule is CCCCCN1CC(=O)N[C@@H]1c1nc(C)ccc1O. The quantitative estimate of drug-likeness (QED) is 0.794. The Bertz CT molecular complexity index is 462. The molecule has 1 saturated heterocycles. The largest absolute Gasteiger partial charge is 0.506 e. The Labute approximate surface area is 113 Å². The van der Waals surface area contributed by atoms with E-state index in [4.69, 9.17) is 0 Å². The predicted molar refractivity (Wildman–Crippen MR) is 72.6 cm³/mol. The molecule has 1 amide bonds. The van der Waals surface area contributed by atoms with Crippen LogP contribution in [0.4, 0.5) is 0 Å². The molecule has 0 spiro atoms. The molecule has 0 radical (unpaired) electrons. The molecule has 104 valence electrons. The number of carbonyl (C=O) groups is 1. The number of pyridine rings is 1. The van der Waals surface area contributed by atoms with Gasteiger partial charge < -0.3 is 10.4 Å². The first-order valence-corrected chi connectivity index (χ1v) is 6.81. The molecule has 0 aliphatic carbocycles. The lowest BCUT2D eigenvalue weighted by Crippen LogP contribution is -2.29. The number of aromatic nitrogens is 1. The zero-order valence-corrected chi connectivity index (χ0v) is 11.5. The molecule has 1 atom stereocenters. The van der Waals surface area contributed by atoms with Crippen LogP contribution in [0.5, 0.6) is 5.75 Å². The summed E-state index contributed by atoms with van der Waals surface area (Å²) in [6, 6.07) is 3.39. The van der Waals surface area contributed by atoms with Crippen molar-refractivity contribution in [1.29, 1.82) is 0 Å². The van der Waals surface area contributed by atoms with Gasteiger partial charge in [-0.3, -0.25) is 14.7 Å². The van der Waals surface area contributed by atoms with E-state index in [1.165, 1.54) is 0 Å². The Morgan fingerprint density at radius 2 is 2.26 bits per heavy atom. The second-order valence-electron chi connectivity index (χ2n) is 5.00. The number of carbonyl (C=O) groups excluding carboxylic acids is 1. The highest BCUT2D eigenvalue weighted by Crippen LogP contribution is 2.28. The van der Waals surface area contributed by atoms with Crippen LogP contribution in [-0.2, 0) is 4.79 Å². The van der Waals surface area contributed by atoms with E-state index in [0.717, 1.165) is 31.5 Å². The number of nitrogens with zero attached hydrogens (tertiary/aromatic N) is 2. The third-order valence-electron chi connectivity index (χ3n) is 3.36. The number of amides is 1. The Kier molecular flexibility index (Phi) is 4.37. The summed E-state index contributed by atoms with van der Waals surface area (Å²) in [5.74, 6) is 0.127. The molecule has 2 rings (SSSR count). The minimum absolute atomic E-state index is 0.01000. The average molecular weight is 263 g/mol. The number of hydrogen-bond donors (Lipinski definition) is 2. The summed E-state index contributed by atoms with van der Waals surface area (Å²) in [5, 5.41) is 12.8. The van der Waals surface area contributed by atoms with Crippen molar-refractivity contribution in [2.45, 2.75) is 39.3 Å². The van der Waals surface area contributed by atoms with E-state index < -0.39 is 0 Å². The lowest BCUT2D eigenvalue weighted by molar-refractivity contribution is -0.118. The first-order chi connectivity index (χ1) is 9.11. The van der Waals surface area contributed by atoms with Crippen LogP contribution in [0.2, 0.25) is 0 Å². The number of rotatable bonds is 5. The number of nitrogens with one attached hydrogen (secondary N) is 1. The molecule has 5 heteroatoms. The van der Waals surface area contributed by atoms with Gasteiger partial charge in [-0.05, 0) is 25.5 Å². The van der Waals surface area contributed by atoms with Crippen molar-refractivity contribution < 1.29 is 9.90 Å². The summed E-state index contributed by atoms with van der Waals surface area (Å²) in [6.07, 6.45) is 3.04. The van der Waals surface area contributed by atoms with Gasteiger partial charge in [0.25, 0.3) is 0 Å². The summed E-state index contributed by atoms with van der Waals surface area (Å²) in [7, 11) is 0. The van der Waals surface area contributed by atoms with Crippen LogP contribution in [0.3, 0.4) is 0 Å². The molecule has 19 heavy (non-hydrogen) atoms. The van der Waals surface area contributed by atoms with Crippen molar-refractivity contribution in [2.75, 3.05) is 13.1 Å². The molecule has 1 fully saturated rings. The number of aromatic hydroxyl groups is 1. The van der Waals surface area contributed by atoms with Crippen molar-refractivity contribution in [2.24, 2.45) is 0 Å².